The first-order chi connectivity index (χ1) is 10.3. The summed E-state index contributed by atoms with van der Waals surface area (Å²) in [5.74, 6) is 0.677. The van der Waals surface area contributed by atoms with Gasteiger partial charge in [0.15, 0.2) is 0 Å². The topological polar surface area (TPSA) is 67.3 Å². The van der Waals surface area contributed by atoms with Crippen LogP contribution in [0.25, 0.3) is 11.0 Å². The number of phenols is 1. The van der Waals surface area contributed by atoms with E-state index in [1.54, 1.807) is 6.07 Å². The third-order valence-electron chi connectivity index (χ3n) is 3.09. The van der Waals surface area contributed by atoms with Crippen LogP contribution in [0.1, 0.15) is 12.5 Å². The van der Waals surface area contributed by atoms with Crippen LogP contribution in [-0.2, 0) is 6.54 Å². The first-order valence-corrected chi connectivity index (χ1v) is 8.21. The molecule has 0 unspecified atom stereocenters. The standard InChI is InChI=1S/C15H15N3O2Se/c1-2-20-14-8-10(6-7-13(14)19)9-16-11-4-3-5-12-15(11)18-21-17-12/h3-8,16,19H,2,9H2,1H3. The van der Waals surface area contributed by atoms with Gasteiger partial charge in [-0.3, -0.25) is 0 Å². The molecule has 0 amide bonds. The molecule has 0 aliphatic heterocycles. The molecular formula is C15H15N3O2Se. The number of benzene rings is 2. The van der Waals surface area contributed by atoms with E-state index in [0.29, 0.717) is 18.9 Å². The van der Waals surface area contributed by atoms with E-state index in [2.05, 4.69) is 13.3 Å². The van der Waals surface area contributed by atoms with Crippen molar-refractivity contribution in [2.24, 2.45) is 0 Å². The van der Waals surface area contributed by atoms with E-state index >= 15 is 0 Å². The van der Waals surface area contributed by atoms with Crippen LogP contribution in [0.2, 0.25) is 0 Å². The Labute approximate surface area is 128 Å². The minimum atomic E-state index is -0.0270. The number of hydrogen-bond donors (Lipinski definition) is 2. The molecule has 0 fully saturated rings. The van der Waals surface area contributed by atoms with E-state index in [9.17, 15) is 5.11 Å². The Morgan fingerprint density at radius 1 is 1.24 bits per heavy atom. The fourth-order valence-electron chi connectivity index (χ4n) is 2.09. The van der Waals surface area contributed by atoms with Crippen molar-refractivity contribution < 1.29 is 9.84 Å². The molecule has 108 valence electrons. The summed E-state index contributed by atoms with van der Waals surface area (Å²) in [5, 5.41) is 13.1. The van der Waals surface area contributed by atoms with Crippen LogP contribution in [0, 0.1) is 0 Å². The van der Waals surface area contributed by atoms with Gasteiger partial charge in [0.25, 0.3) is 0 Å². The van der Waals surface area contributed by atoms with Crippen LogP contribution in [0.15, 0.2) is 36.4 Å². The maximum atomic E-state index is 9.71. The predicted octanol–water partition coefficient (Wildman–Crippen LogP) is 2.40. The molecule has 0 saturated heterocycles. The molecule has 0 aliphatic carbocycles. The van der Waals surface area contributed by atoms with Crippen LogP contribution in [0.5, 0.6) is 11.5 Å². The second-order valence-electron chi connectivity index (χ2n) is 4.53. The maximum absolute atomic E-state index is 9.71. The second kappa shape index (κ2) is 6.16. The summed E-state index contributed by atoms with van der Waals surface area (Å²) >= 11 is -0.0270. The number of phenolic OH excluding ortho intramolecular Hbond substituents is 1. The van der Waals surface area contributed by atoms with Crippen LogP contribution in [-0.4, -0.2) is 34.6 Å². The van der Waals surface area contributed by atoms with Crippen LogP contribution >= 0.6 is 0 Å². The van der Waals surface area contributed by atoms with Crippen molar-refractivity contribution >= 4 is 31.7 Å². The second-order valence-corrected chi connectivity index (χ2v) is 5.63. The van der Waals surface area contributed by atoms with Crippen LogP contribution in [0.3, 0.4) is 0 Å². The van der Waals surface area contributed by atoms with Crippen molar-refractivity contribution in [1.29, 1.82) is 0 Å². The predicted molar refractivity (Wildman–Crippen MR) is 83.1 cm³/mol. The Morgan fingerprint density at radius 2 is 2.14 bits per heavy atom. The average molecular weight is 348 g/mol. The number of nitrogens with one attached hydrogen (secondary N) is 1. The molecule has 3 rings (SSSR count). The molecule has 0 radical (unpaired) electrons. The zero-order valence-electron chi connectivity index (χ0n) is 11.5. The molecule has 2 aromatic carbocycles. The first-order valence-electron chi connectivity index (χ1n) is 6.68. The van der Waals surface area contributed by atoms with Gasteiger partial charge in [0.2, 0.25) is 0 Å². The van der Waals surface area contributed by atoms with Crippen LogP contribution in [0.4, 0.5) is 5.69 Å². The van der Waals surface area contributed by atoms with Crippen LogP contribution < -0.4 is 10.1 Å². The molecule has 1 aromatic heterocycles. The molecule has 0 spiro atoms. The normalized spacial score (nSPS) is 10.7. The number of aromatic nitrogens is 2. The summed E-state index contributed by atoms with van der Waals surface area (Å²) in [7, 11) is 0. The molecule has 0 bridgehead atoms. The Bertz CT molecular complexity index is 758. The van der Waals surface area contributed by atoms with Gasteiger partial charge in [-0.1, -0.05) is 0 Å². The zero-order chi connectivity index (χ0) is 14.7. The number of hydrogen-bond acceptors (Lipinski definition) is 5. The quantitative estimate of drug-likeness (QED) is 0.693. The van der Waals surface area contributed by atoms with Gasteiger partial charge in [-0.15, -0.1) is 0 Å². The molecule has 3 aromatic rings. The SMILES string of the molecule is CCOc1cc(CNc2cccc3n[se]nc23)ccc1O. The number of rotatable bonds is 5. The van der Waals surface area contributed by atoms with Crippen molar-refractivity contribution in [3.8, 4) is 11.5 Å². The number of ether oxygens (including phenoxy) is 1. The molecule has 2 N–H and O–H groups in total. The van der Waals surface area contributed by atoms with Crippen molar-refractivity contribution in [3.05, 3.63) is 42.0 Å². The van der Waals surface area contributed by atoms with Gasteiger partial charge in [0.1, 0.15) is 0 Å². The van der Waals surface area contributed by atoms with E-state index in [1.165, 1.54) is 0 Å². The fraction of sp³-hybridized carbons (Fsp3) is 0.200. The first kappa shape index (κ1) is 13.9. The summed E-state index contributed by atoms with van der Waals surface area (Å²) < 4.78 is 14.2. The summed E-state index contributed by atoms with van der Waals surface area (Å²) in [5.41, 5.74) is 3.93. The summed E-state index contributed by atoms with van der Waals surface area (Å²) in [6, 6.07) is 11.3. The van der Waals surface area contributed by atoms with Crippen molar-refractivity contribution in [2.45, 2.75) is 13.5 Å². The number of nitrogens with zero attached hydrogens (tertiary/aromatic N) is 2. The van der Waals surface area contributed by atoms with E-state index in [4.69, 9.17) is 4.74 Å². The molecule has 5 nitrogen and oxygen atoms in total. The third kappa shape index (κ3) is 3.01. The number of aromatic hydroxyl groups is 1. The zero-order valence-corrected chi connectivity index (χ0v) is 13.2. The molecule has 0 saturated carbocycles. The van der Waals surface area contributed by atoms with Gasteiger partial charge in [-0.2, -0.15) is 0 Å². The van der Waals surface area contributed by atoms with Crippen molar-refractivity contribution in [1.82, 2.24) is 7.96 Å². The monoisotopic (exact) mass is 349 g/mol. The summed E-state index contributed by atoms with van der Waals surface area (Å²) in [4.78, 5) is 0. The summed E-state index contributed by atoms with van der Waals surface area (Å²) in [6.45, 7) is 3.06. The molecular weight excluding hydrogens is 333 g/mol. The van der Waals surface area contributed by atoms with Gasteiger partial charge in [0.05, 0.1) is 0 Å². The summed E-state index contributed by atoms with van der Waals surface area (Å²) in [6.07, 6.45) is 0. The number of fused-ring (bicyclic) bond motifs is 1. The van der Waals surface area contributed by atoms with Gasteiger partial charge in [0, 0.05) is 0 Å². The van der Waals surface area contributed by atoms with Gasteiger partial charge in [-0.25, -0.2) is 0 Å². The van der Waals surface area contributed by atoms with Gasteiger partial charge < -0.3 is 0 Å². The van der Waals surface area contributed by atoms with E-state index < -0.39 is 0 Å². The third-order valence-corrected chi connectivity index (χ3v) is 4.23. The Kier molecular flexibility index (Phi) is 4.08. The molecule has 1 heterocycles. The fourth-order valence-corrected chi connectivity index (χ4v) is 3.24. The molecule has 0 aliphatic rings. The molecule has 21 heavy (non-hydrogen) atoms. The van der Waals surface area contributed by atoms with Crippen molar-refractivity contribution in [2.75, 3.05) is 11.9 Å². The van der Waals surface area contributed by atoms with Crippen molar-refractivity contribution in [3.63, 3.8) is 0 Å². The van der Waals surface area contributed by atoms with E-state index in [-0.39, 0.29) is 20.7 Å². The van der Waals surface area contributed by atoms with E-state index in [0.717, 1.165) is 22.3 Å². The average Bonchev–Trinajstić information content (AvgIpc) is 2.97. The minimum absolute atomic E-state index is 0.0270. The molecule has 0 atom stereocenters. The molecule has 6 heteroatoms. The van der Waals surface area contributed by atoms with Gasteiger partial charge in [-0.05, 0) is 0 Å². The van der Waals surface area contributed by atoms with E-state index in [1.807, 2.05) is 37.3 Å². The Balaban J connectivity index is 1.78. The Morgan fingerprint density at radius 3 is 3.00 bits per heavy atom. The van der Waals surface area contributed by atoms with Gasteiger partial charge >= 0.3 is 128 Å². The Hall–Kier alpha value is -2.04. The number of anilines is 1.